The Balaban J connectivity index is 3.28. The molecule has 3 heteroatoms. The average Bonchev–Trinajstić information content (AvgIpc) is 2.85. The van der Waals surface area contributed by atoms with Gasteiger partial charge in [-0.3, -0.25) is 0 Å². The van der Waals surface area contributed by atoms with Crippen LogP contribution in [0, 0.1) is 11.8 Å². The summed E-state index contributed by atoms with van der Waals surface area (Å²) in [5, 5.41) is 9.54. The highest BCUT2D eigenvalue weighted by molar-refractivity contribution is 4.56. The Morgan fingerprint density at radius 3 is 1.14 bits per heavy atom. The zero-order valence-corrected chi connectivity index (χ0v) is 25.4. The zero-order chi connectivity index (χ0) is 26.5. The Morgan fingerprint density at radius 2 is 0.778 bits per heavy atom. The van der Waals surface area contributed by atoms with Crippen LogP contribution >= 0.6 is 0 Å². The molecule has 0 aliphatic carbocycles. The van der Waals surface area contributed by atoms with Gasteiger partial charge >= 0.3 is 0 Å². The molecular weight excluding hydrogens is 444 g/mol. The summed E-state index contributed by atoms with van der Waals surface area (Å²) in [5.41, 5.74) is 0. The van der Waals surface area contributed by atoms with Gasteiger partial charge in [0.1, 0.15) is 6.10 Å². The second kappa shape index (κ2) is 29.4. The maximum absolute atomic E-state index is 9.54. The first kappa shape index (κ1) is 35.9. The van der Waals surface area contributed by atoms with Crippen LogP contribution in [0.25, 0.3) is 0 Å². The monoisotopic (exact) mass is 513 g/mol. The molecule has 1 unspecified atom stereocenters. The van der Waals surface area contributed by atoms with Crippen LogP contribution in [0.4, 0.5) is 0 Å². The van der Waals surface area contributed by atoms with Crippen molar-refractivity contribution in [2.75, 3.05) is 26.4 Å². The average molecular weight is 513 g/mol. The summed E-state index contributed by atoms with van der Waals surface area (Å²) in [6.07, 6.45) is 29.7. The molecule has 218 valence electrons. The molecule has 1 N–H and O–H groups in total. The predicted molar refractivity (Wildman–Crippen MR) is 159 cm³/mol. The van der Waals surface area contributed by atoms with Gasteiger partial charge in [-0.25, -0.2) is 0 Å². The van der Waals surface area contributed by atoms with Gasteiger partial charge in [0.05, 0.1) is 13.2 Å². The first-order chi connectivity index (χ1) is 17.6. The molecule has 36 heavy (non-hydrogen) atoms. The fourth-order valence-corrected chi connectivity index (χ4v) is 4.86. The van der Waals surface area contributed by atoms with Crippen molar-refractivity contribution in [3.05, 3.63) is 0 Å². The van der Waals surface area contributed by atoms with Crippen LogP contribution in [0.5, 0.6) is 0 Å². The van der Waals surface area contributed by atoms with Crippen LogP contribution < -0.4 is 0 Å². The van der Waals surface area contributed by atoms with Crippen LogP contribution in [0.1, 0.15) is 169 Å². The van der Waals surface area contributed by atoms with Crippen LogP contribution in [0.2, 0.25) is 0 Å². The molecule has 0 spiro atoms. The molecule has 0 aliphatic rings. The second-order valence-electron chi connectivity index (χ2n) is 12.2. The third-order valence-corrected chi connectivity index (χ3v) is 7.36. The van der Waals surface area contributed by atoms with Crippen LogP contribution in [-0.2, 0) is 9.47 Å². The normalized spacial score (nSPS) is 12.8. The first-order valence-electron chi connectivity index (χ1n) is 16.4. The molecule has 0 saturated heterocycles. The maximum atomic E-state index is 9.54. The minimum absolute atomic E-state index is 0.0641. The van der Waals surface area contributed by atoms with Gasteiger partial charge in [-0.1, -0.05) is 156 Å². The lowest BCUT2D eigenvalue weighted by atomic mass is 10.0. The fraction of sp³-hybridized carbons (Fsp3) is 1.00. The molecule has 0 heterocycles. The summed E-state index contributed by atoms with van der Waals surface area (Å²) < 4.78 is 11.6. The number of aliphatic hydroxyl groups is 1. The molecular formula is C33H68O3. The van der Waals surface area contributed by atoms with E-state index in [1.54, 1.807) is 0 Å². The van der Waals surface area contributed by atoms with E-state index >= 15 is 0 Å². The topological polar surface area (TPSA) is 38.7 Å². The van der Waals surface area contributed by atoms with Gasteiger partial charge in [0.2, 0.25) is 0 Å². The van der Waals surface area contributed by atoms with E-state index in [1.165, 1.54) is 128 Å². The van der Waals surface area contributed by atoms with Crippen LogP contribution in [0.15, 0.2) is 0 Å². The number of aliphatic hydroxyl groups excluding tert-OH is 1. The van der Waals surface area contributed by atoms with Crippen molar-refractivity contribution in [2.45, 2.75) is 175 Å². The van der Waals surface area contributed by atoms with Gasteiger partial charge in [-0.05, 0) is 24.7 Å². The van der Waals surface area contributed by atoms with Crippen molar-refractivity contribution in [3.8, 4) is 0 Å². The number of unbranched alkanes of at least 4 members (excludes halogenated alkanes) is 18. The van der Waals surface area contributed by atoms with E-state index in [2.05, 4.69) is 27.7 Å². The molecule has 0 aromatic carbocycles. The fourth-order valence-electron chi connectivity index (χ4n) is 4.86. The predicted octanol–water partition coefficient (Wildman–Crippen LogP) is 10.3. The quantitative estimate of drug-likeness (QED) is 0.0973. The summed E-state index contributed by atoms with van der Waals surface area (Å²) >= 11 is 0. The van der Waals surface area contributed by atoms with Crippen LogP contribution in [0.3, 0.4) is 0 Å². The number of ether oxygens (including phenoxy) is 2. The van der Waals surface area contributed by atoms with E-state index in [0.717, 1.165) is 37.9 Å². The minimum Gasteiger partial charge on any atom is -0.394 e. The van der Waals surface area contributed by atoms with E-state index in [0.29, 0.717) is 6.61 Å². The summed E-state index contributed by atoms with van der Waals surface area (Å²) in [6, 6.07) is 0. The molecule has 0 aromatic heterocycles. The Labute approximate surface area is 227 Å². The van der Waals surface area contributed by atoms with Crippen molar-refractivity contribution in [3.63, 3.8) is 0 Å². The Bertz CT molecular complexity index is 396. The molecule has 0 bridgehead atoms. The highest BCUT2D eigenvalue weighted by Crippen LogP contribution is 2.15. The van der Waals surface area contributed by atoms with Gasteiger partial charge in [0.15, 0.2) is 0 Å². The molecule has 1 atom stereocenters. The van der Waals surface area contributed by atoms with E-state index in [4.69, 9.17) is 9.47 Å². The van der Waals surface area contributed by atoms with Crippen molar-refractivity contribution in [2.24, 2.45) is 11.8 Å². The lowest BCUT2D eigenvalue weighted by molar-refractivity contribution is -0.0437. The van der Waals surface area contributed by atoms with Gasteiger partial charge < -0.3 is 14.6 Å². The van der Waals surface area contributed by atoms with Crippen molar-refractivity contribution in [1.82, 2.24) is 0 Å². The van der Waals surface area contributed by atoms with E-state index < -0.39 is 0 Å². The van der Waals surface area contributed by atoms with Crippen molar-refractivity contribution in [1.29, 1.82) is 0 Å². The van der Waals surface area contributed by atoms with Crippen molar-refractivity contribution >= 4 is 0 Å². The Hall–Kier alpha value is -0.120. The third-order valence-electron chi connectivity index (χ3n) is 7.36. The summed E-state index contributed by atoms with van der Waals surface area (Å²) in [7, 11) is 0. The molecule has 0 aliphatic heterocycles. The lowest BCUT2D eigenvalue weighted by Gasteiger charge is -2.15. The summed E-state index contributed by atoms with van der Waals surface area (Å²) in [5.74, 6) is 1.73. The van der Waals surface area contributed by atoms with E-state index in [-0.39, 0.29) is 12.7 Å². The largest absolute Gasteiger partial charge is 0.394 e. The van der Waals surface area contributed by atoms with Gasteiger partial charge in [0.25, 0.3) is 0 Å². The van der Waals surface area contributed by atoms with Gasteiger partial charge in [-0.15, -0.1) is 0 Å². The lowest BCUT2D eigenvalue weighted by Crippen LogP contribution is -2.24. The van der Waals surface area contributed by atoms with Gasteiger partial charge in [0, 0.05) is 13.2 Å². The number of rotatable bonds is 30. The standard InChI is InChI=1S/C33H68O3/c1-31(2)25-21-17-13-9-5-7-11-15-19-23-27-35-30-33(29-34)36-28-24-20-16-12-8-6-10-14-18-22-26-32(3)4/h31-34H,5-30H2,1-4H3. The van der Waals surface area contributed by atoms with Crippen molar-refractivity contribution < 1.29 is 14.6 Å². The highest BCUT2D eigenvalue weighted by atomic mass is 16.5. The second-order valence-corrected chi connectivity index (χ2v) is 12.2. The molecule has 0 amide bonds. The molecule has 0 aromatic rings. The number of hydrogen-bond acceptors (Lipinski definition) is 3. The first-order valence-corrected chi connectivity index (χ1v) is 16.4. The summed E-state index contributed by atoms with van der Waals surface area (Å²) in [6.45, 7) is 11.4. The molecule has 0 saturated carbocycles. The maximum Gasteiger partial charge on any atom is 0.104 e. The highest BCUT2D eigenvalue weighted by Gasteiger charge is 2.07. The van der Waals surface area contributed by atoms with Crippen LogP contribution in [-0.4, -0.2) is 37.6 Å². The molecule has 0 rings (SSSR count). The number of hydrogen-bond donors (Lipinski definition) is 1. The van der Waals surface area contributed by atoms with Gasteiger partial charge in [-0.2, -0.15) is 0 Å². The molecule has 3 nitrogen and oxygen atoms in total. The Morgan fingerprint density at radius 1 is 0.444 bits per heavy atom. The third kappa shape index (κ3) is 30.1. The smallest absolute Gasteiger partial charge is 0.104 e. The summed E-state index contributed by atoms with van der Waals surface area (Å²) in [4.78, 5) is 0. The van der Waals surface area contributed by atoms with E-state index in [9.17, 15) is 5.11 Å². The Kier molecular flexibility index (Phi) is 29.3. The SMILES string of the molecule is CC(C)CCCCCCCCCCCCOCC(CO)OCCCCCCCCCCCCC(C)C. The molecule has 0 fully saturated rings. The van der Waals surface area contributed by atoms with E-state index in [1.807, 2.05) is 0 Å². The zero-order valence-electron chi connectivity index (χ0n) is 25.4. The molecule has 0 radical (unpaired) electrons. The minimum atomic E-state index is -0.152.